The number of nitro groups is 1. The second kappa shape index (κ2) is 5.79. The average Bonchev–Trinajstić information content (AvgIpc) is 2.74. The molecule has 0 atom stereocenters. The van der Waals surface area contributed by atoms with Crippen LogP contribution in [-0.2, 0) is 6.42 Å². The van der Waals surface area contributed by atoms with Crippen molar-refractivity contribution in [2.24, 2.45) is 0 Å². The number of aromatic nitrogens is 1. The molecule has 0 amide bonds. The highest BCUT2D eigenvalue weighted by atomic mass is 32.1. The highest BCUT2D eigenvalue weighted by Crippen LogP contribution is 2.27. The van der Waals surface area contributed by atoms with Crippen molar-refractivity contribution < 1.29 is 4.92 Å². The van der Waals surface area contributed by atoms with Crippen molar-refractivity contribution in [1.82, 2.24) is 4.98 Å². The van der Waals surface area contributed by atoms with Gasteiger partial charge in [-0.3, -0.25) is 10.1 Å². The number of anilines is 1. The van der Waals surface area contributed by atoms with E-state index in [1.54, 1.807) is 30.4 Å². The van der Waals surface area contributed by atoms with Gasteiger partial charge in [0.15, 0.2) is 0 Å². The first kappa shape index (κ1) is 13.5. The van der Waals surface area contributed by atoms with E-state index in [1.807, 2.05) is 18.4 Å². The van der Waals surface area contributed by atoms with Gasteiger partial charge in [0.05, 0.1) is 9.93 Å². The molecule has 0 fully saturated rings. The molecule has 2 aromatic rings. The molecule has 0 unspecified atom stereocenters. The molecule has 0 bridgehead atoms. The molecule has 1 aromatic heterocycles. The predicted molar refractivity (Wildman–Crippen MR) is 76.9 cm³/mol. The van der Waals surface area contributed by atoms with Crippen LogP contribution in [0.3, 0.4) is 0 Å². The normalized spacial score (nSPS) is 10.4. The lowest BCUT2D eigenvalue weighted by Gasteiger charge is -2.07. The summed E-state index contributed by atoms with van der Waals surface area (Å²) < 4.78 is 0. The van der Waals surface area contributed by atoms with Gasteiger partial charge in [0, 0.05) is 29.6 Å². The van der Waals surface area contributed by atoms with Crippen molar-refractivity contribution >= 4 is 22.7 Å². The molecule has 0 spiro atoms. The Hall–Kier alpha value is -1.95. The van der Waals surface area contributed by atoms with E-state index in [2.05, 4.69) is 10.3 Å². The number of aryl methyl sites for hydroxylation is 2. The Kier molecular flexibility index (Phi) is 4.11. The fraction of sp³-hybridized carbons (Fsp3) is 0.308. The maximum absolute atomic E-state index is 11.0. The molecule has 6 heteroatoms. The minimum Gasteiger partial charge on any atom is -0.379 e. The maximum Gasteiger partial charge on any atom is 0.295 e. The van der Waals surface area contributed by atoms with Crippen LogP contribution in [0.1, 0.15) is 16.3 Å². The molecule has 1 heterocycles. The van der Waals surface area contributed by atoms with Crippen LogP contribution in [0.4, 0.5) is 11.4 Å². The van der Waals surface area contributed by atoms with Gasteiger partial charge in [-0.2, -0.15) is 0 Å². The summed E-state index contributed by atoms with van der Waals surface area (Å²) in [6, 6.07) is 5.30. The van der Waals surface area contributed by atoms with Gasteiger partial charge in [0.2, 0.25) is 0 Å². The van der Waals surface area contributed by atoms with Gasteiger partial charge in [-0.05, 0) is 19.9 Å². The second-order valence-corrected chi connectivity index (χ2v) is 5.23. The molecule has 100 valence electrons. The molecule has 0 saturated carbocycles. The van der Waals surface area contributed by atoms with Gasteiger partial charge in [-0.1, -0.05) is 12.1 Å². The van der Waals surface area contributed by atoms with Gasteiger partial charge in [0.1, 0.15) is 5.69 Å². The first-order chi connectivity index (χ1) is 9.08. The molecule has 19 heavy (non-hydrogen) atoms. The van der Waals surface area contributed by atoms with Crippen LogP contribution >= 0.6 is 11.3 Å². The molecule has 2 rings (SSSR count). The van der Waals surface area contributed by atoms with Crippen molar-refractivity contribution in [2.45, 2.75) is 20.3 Å². The number of benzene rings is 1. The third kappa shape index (κ3) is 3.29. The van der Waals surface area contributed by atoms with Crippen molar-refractivity contribution in [3.05, 3.63) is 50.0 Å². The average molecular weight is 277 g/mol. The Bertz CT molecular complexity index is 595. The van der Waals surface area contributed by atoms with Crippen molar-refractivity contribution in [3.63, 3.8) is 0 Å². The lowest BCUT2D eigenvalue weighted by Crippen LogP contribution is -2.07. The summed E-state index contributed by atoms with van der Waals surface area (Å²) in [7, 11) is 0. The third-order valence-corrected chi connectivity index (χ3v) is 3.77. The number of nitrogens with zero attached hydrogens (tertiary/aromatic N) is 2. The van der Waals surface area contributed by atoms with E-state index in [-0.39, 0.29) is 10.6 Å². The van der Waals surface area contributed by atoms with Crippen LogP contribution in [0.5, 0.6) is 0 Å². The lowest BCUT2D eigenvalue weighted by molar-refractivity contribution is -0.384. The van der Waals surface area contributed by atoms with E-state index < -0.39 is 0 Å². The molecule has 0 aliphatic rings. The van der Waals surface area contributed by atoms with Crippen LogP contribution in [0.2, 0.25) is 0 Å². The van der Waals surface area contributed by atoms with Gasteiger partial charge < -0.3 is 5.32 Å². The summed E-state index contributed by atoms with van der Waals surface area (Å²) >= 11 is 1.61. The second-order valence-electron chi connectivity index (χ2n) is 4.29. The number of thiazole rings is 1. The molecule has 0 radical (unpaired) electrons. The zero-order chi connectivity index (χ0) is 13.8. The molecule has 0 aliphatic carbocycles. The van der Waals surface area contributed by atoms with Crippen LogP contribution in [0.25, 0.3) is 0 Å². The van der Waals surface area contributed by atoms with E-state index in [0.29, 0.717) is 17.8 Å². The highest BCUT2D eigenvalue weighted by Gasteiger charge is 2.16. The number of rotatable bonds is 5. The van der Waals surface area contributed by atoms with E-state index in [4.69, 9.17) is 0 Å². The Morgan fingerprint density at radius 1 is 1.42 bits per heavy atom. The monoisotopic (exact) mass is 277 g/mol. The summed E-state index contributed by atoms with van der Waals surface area (Å²) in [5.74, 6) is 0. The number of nitro benzene ring substituents is 1. The topological polar surface area (TPSA) is 68.1 Å². The minimum absolute atomic E-state index is 0.151. The molecular formula is C13H15N3O2S. The Labute approximate surface area is 115 Å². The van der Waals surface area contributed by atoms with Crippen molar-refractivity contribution in [1.29, 1.82) is 0 Å². The van der Waals surface area contributed by atoms with E-state index >= 15 is 0 Å². The number of para-hydroxylation sites is 1. The van der Waals surface area contributed by atoms with E-state index in [1.165, 1.54) is 0 Å². The number of hydrogen-bond acceptors (Lipinski definition) is 5. The Morgan fingerprint density at radius 3 is 2.84 bits per heavy atom. The largest absolute Gasteiger partial charge is 0.379 e. The SMILES string of the molecule is Cc1csc(CCNc2cccc(C)c2[N+](=O)[O-])n1. The lowest BCUT2D eigenvalue weighted by atomic mass is 10.1. The maximum atomic E-state index is 11.0. The zero-order valence-corrected chi connectivity index (χ0v) is 11.7. The Morgan fingerprint density at radius 2 is 2.21 bits per heavy atom. The predicted octanol–water partition coefficient (Wildman–Crippen LogP) is 3.32. The molecule has 0 aliphatic heterocycles. The quantitative estimate of drug-likeness (QED) is 0.672. The van der Waals surface area contributed by atoms with Crippen molar-refractivity contribution in [3.8, 4) is 0 Å². The van der Waals surface area contributed by atoms with Gasteiger partial charge in [0.25, 0.3) is 5.69 Å². The fourth-order valence-corrected chi connectivity index (χ4v) is 2.64. The number of hydrogen-bond donors (Lipinski definition) is 1. The molecule has 5 nitrogen and oxygen atoms in total. The van der Waals surface area contributed by atoms with Crippen LogP contribution < -0.4 is 5.32 Å². The minimum atomic E-state index is -0.342. The van der Waals surface area contributed by atoms with Crippen LogP contribution in [0.15, 0.2) is 23.6 Å². The molecule has 1 N–H and O–H groups in total. The summed E-state index contributed by atoms with van der Waals surface area (Å²) in [5.41, 5.74) is 2.40. The van der Waals surface area contributed by atoms with Crippen molar-refractivity contribution in [2.75, 3.05) is 11.9 Å². The molecule has 0 saturated heterocycles. The highest BCUT2D eigenvalue weighted by molar-refractivity contribution is 7.09. The smallest absolute Gasteiger partial charge is 0.295 e. The standard InChI is InChI=1S/C13H15N3O2S/c1-9-4-3-5-11(13(9)16(17)18)14-7-6-12-15-10(2)8-19-12/h3-5,8,14H,6-7H2,1-2H3. The molecule has 1 aromatic carbocycles. The van der Waals surface area contributed by atoms with Crippen LogP contribution in [-0.4, -0.2) is 16.5 Å². The summed E-state index contributed by atoms with van der Waals surface area (Å²) in [4.78, 5) is 15.1. The third-order valence-electron chi connectivity index (χ3n) is 2.74. The summed E-state index contributed by atoms with van der Waals surface area (Å²) in [6.07, 6.45) is 0.767. The van der Waals surface area contributed by atoms with E-state index in [0.717, 1.165) is 17.1 Å². The first-order valence-corrected chi connectivity index (χ1v) is 6.85. The van der Waals surface area contributed by atoms with Gasteiger partial charge in [-0.25, -0.2) is 4.98 Å². The fourth-order valence-electron chi connectivity index (χ4n) is 1.87. The van der Waals surface area contributed by atoms with Gasteiger partial charge in [-0.15, -0.1) is 11.3 Å². The zero-order valence-electron chi connectivity index (χ0n) is 10.8. The van der Waals surface area contributed by atoms with Crippen LogP contribution in [0, 0.1) is 24.0 Å². The Balaban J connectivity index is 2.03. The first-order valence-electron chi connectivity index (χ1n) is 5.97. The number of nitrogens with one attached hydrogen (secondary N) is 1. The van der Waals surface area contributed by atoms with E-state index in [9.17, 15) is 10.1 Å². The summed E-state index contributed by atoms with van der Waals surface area (Å²) in [6.45, 7) is 4.34. The summed E-state index contributed by atoms with van der Waals surface area (Å²) in [5, 5.41) is 17.2. The van der Waals surface area contributed by atoms with Gasteiger partial charge >= 0.3 is 0 Å². The molecular weight excluding hydrogens is 262 g/mol.